The minimum atomic E-state index is -0.259. The molecule has 0 unspecified atom stereocenters. The number of nitrogens with zero attached hydrogens (tertiary/aromatic N) is 5. The molecule has 3 N–H and O–H groups in total. The molecule has 0 aliphatic carbocycles. The first kappa shape index (κ1) is 26.4. The molecule has 1 atom stereocenters. The summed E-state index contributed by atoms with van der Waals surface area (Å²) in [5.74, 6) is 0.742. The Morgan fingerprint density at radius 1 is 1.07 bits per heavy atom. The number of carbonyl (C=O) groups excluding carboxylic acids is 2. The van der Waals surface area contributed by atoms with E-state index >= 15 is 0 Å². The molecule has 1 fully saturated rings. The van der Waals surface area contributed by atoms with E-state index in [-0.39, 0.29) is 30.5 Å². The summed E-state index contributed by atoms with van der Waals surface area (Å²) in [6.45, 7) is 6.77. The molecular weight excluding hydrogens is 546 g/mol. The van der Waals surface area contributed by atoms with Crippen molar-refractivity contribution in [2.75, 3.05) is 30.9 Å². The molecule has 11 nitrogen and oxygen atoms in total. The molecule has 2 aliphatic rings. The maximum absolute atomic E-state index is 13.5. The van der Waals surface area contributed by atoms with Gasteiger partial charge in [0.2, 0.25) is 12.7 Å². The van der Waals surface area contributed by atoms with Crippen LogP contribution >= 0.6 is 0 Å². The average Bonchev–Trinajstić information content (AvgIpc) is 3.68. The zero-order chi connectivity index (χ0) is 29.7. The monoisotopic (exact) mass is 575 g/mol. The molecule has 1 saturated heterocycles. The molecule has 7 rings (SSSR count). The highest BCUT2D eigenvalue weighted by Gasteiger charge is 2.31. The lowest BCUT2D eigenvalue weighted by Gasteiger charge is -2.32. The molecule has 3 aromatic carbocycles. The first-order chi connectivity index (χ1) is 20.9. The molecule has 2 aromatic heterocycles. The quantitative estimate of drug-likeness (QED) is 0.283. The number of benzene rings is 3. The number of rotatable bonds is 5. The highest BCUT2D eigenvalue weighted by molar-refractivity contribution is 6.14. The van der Waals surface area contributed by atoms with Crippen LogP contribution in [0.4, 0.5) is 11.5 Å². The normalized spacial score (nSPS) is 16.0. The van der Waals surface area contributed by atoms with Gasteiger partial charge in [0.15, 0.2) is 17.1 Å². The zero-order valence-corrected chi connectivity index (χ0v) is 23.5. The topological polar surface area (TPSA) is 137 Å². The number of nitrogens with one attached hydrogen (secondary N) is 1. The highest BCUT2D eigenvalue weighted by Crippen LogP contribution is 2.48. The zero-order valence-electron chi connectivity index (χ0n) is 23.5. The van der Waals surface area contributed by atoms with Crippen LogP contribution in [0.15, 0.2) is 67.5 Å². The van der Waals surface area contributed by atoms with Crippen LogP contribution < -0.4 is 20.5 Å². The SMILES string of the molecule is C=CC(=O)N1CCC[C@@H](n2nc(-c3ccc(NC(=O)c4ccc(C)c5ccccc45)c4c3OCO4)c3c(N)ncnc32)C1. The van der Waals surface area contributed by atoms with Crippen molar-refractivity contribution < 1.29 is 19.1 Å². The van der Waals surface area contributed by atoms with E-state index in [1.54, 1.807) is 11.0 Å². The lowest BCUT2D eigenvalue weighted by molar-refractivity contribution is -0.127. The van der Waals surface area contributed by atoms with Gasteiger partial charge in [-0.3, -0.25) is 9.59 Å². The van der Waals surface area contributed by atoms with Crippen molar-refractivity contribution in [3.8, 4) is 22.8 Å². The van der Waals surface area contributed by atoms with Gasteiger partial charge in [-0.1, -0.05) is 36.9 Å². The Morgan fingerprint density at radius 3 is 2.72 bits per heavy atom. The molecule has 2 amide bonds. The summed E-state index contributed by atoms with van der Waals surface area (Å²) in [4.78, 5) is 36.4. The molecule has 0 spiro atoms. The molecule has 216 valence electrons. The molecule has 0 saturated carbocycles. The van der Waals surface area contributed by atoms with Gasteiger partial charge >= 0.3 is 0 Å². The summed E-state index contributed by atoms with van der Waals surface area (Å²) in [6, 6.07) is 15.1. The Hall–Kier alpha value is -5.45. The fourth-order valence-electron chi connectivity index (χ4n) is 6.04. The molecule has 11 heteroatoms. The van der Waals surface area contributed by atoms with Gasteiger partial charge in [0, 0.05) is 24.2 Å². The summed E-state index contributed by atoms with van der Waals surface area (Å²) in [5.41, 5.74) is 10.2. The number of hydrogen-bond acceptors (Lipinski definition) is 8. The number of aromatic nitrogens is 4. The van der Waals surface area contributed by atoms with E-state index in [0.29, 0.717) is 58.1 Å². The Labute approximate surface area is 246 Å². The number of fused-ring (bicyclic) bond motifs is 3. The number of nitrogen functional groups attached to an aromatic ring is 1. The lowest BCUT2D eigenvalue weighted by Crippen LogP contribution is -2.40. The van der Waals surface area contributed by atoms with Crippen LogP contribution in [0, 0.1) is 6.92 Å². The van der Waals surface area contributed by atoms with E-state index in [1.165, 1.54) is 12.4 Å². The number of anilines is 2. The third-order valence-corrected chi connectivity index (χ3v) is 8.16. The first-order valence-electron chi connectivity index (χ1n) is 14.1. The number of aryl methyl sites for hydroxylation is 1. The minimum Gasteiger partial charge on any atom is -0.453 e. The van der Waals surface area contributed by atoms with Gasteiger partial charge in [-0.25, -0.2) is 14.6 Å². The van der Waals surface area contributed by atoms with Crippen LogP contribution in [0.25, 0.3) is 33.1 Å². The van der Waals surface area contributed by atoms with Gasteiger partial charge in [0.1, 0.15) is 17.8 Å². The Balaban J connectivity index is 1.28. The summed E-state index contributed by atoms with van der Waals surface area (Å²) in [7, 11) is 0. The van der Waals surface area contributed by atoms with E-state index < -0.39 is 0 Å². The second kappa shape index (κ2) is 10.4. The molecule has 0 bridgehead atoms. The largest absolute Gasteiger partial charge is 0.453 e. The van der Waals surface area contributed by atoms with Crippen molar-refractivity contribution in [1.82, 2.24) is 24.6 Å². The van der Waals surface area contributed by atoms with E-state index in [4.69, 9.17) is 20.3 Å². The van der Waals surface area contributed by atoms with Crippen molar-refractivity contribution >= 4 is 45.1 Å². The van der Waals surface area contributed by atoms with Crippen molar-refractivity contribution in [1.29, 1.82) is 0 Å². The van der Waals surface area contributed by atoms with E-state index in [0.717, 1.165) is 29.2 Å². The number of ether oxygens (including phenoxy) is 2. The predicted molar refractivity (Wildman–Crippen MR) is 163 cm³/mol. The van der Waals surface area contributed by atoms with Crippen LogP contribution in [0.1, 0.15) is 34.8 Å². The van der Waals surface area contributed by atoms with Crippen LogP contribution in [-0.4, -0.2) is 56.3 Å². The second-order valence-corrected chi connectivity index (χ2v) is 10.7. The van der Waals surface area contributed by atoms with Crippen molar-refractivity contribution in [3.63, 3.8) is 0 Å². The van der Waals surface area contributed by atoms with Crippen LogP contribution in [0.5, 0.6) is 11.5 Å². The number of hydrogen-bond donors (Lipinski definition) is 2. The number of likely N-dealkylation sites (tertiary alicyclic amines) is 1. The maximum Gasteiger partial charge on any atom is 0.256 e. The molecule has 5 aromatic rings. The van der Waals surface area contributed by atoms with Crippen molar-refractivity contribution in [3.05, 3.63) is 78.6 Å². The number of carbonyl (C=O) groups is 2. The number of piperidine rings is 1. The van der Waals surface area contributed by atoms with E-state index in [2.05, 4.69) is 21.9 Å². The third-order valence-electron chi connectivity index (χ3n) is 8.16. The molecular formula is C32H29N7O4. The van der Waals surface area contributed by atoms with Crippen LogP contribution in [-0.2, 0) is 4.79 Å². The standard InChI is InChI=1S/C32H29N7O4/c1-3-25(40)38-14-6-7-19(15-38)39-31-26(30(33)34-16-35-31)27(37-39)23-12-13-24(29-28(23)42-17-43-29)36-32(41)22-11-10-18(2)20-8-4-5-9-21(20)22/h3-5,8-13,16,19H,1,6-7,14-15,17H2,2H3,(H,36,41)(H2,33,34,35)/t19-/m1/s1. The molecule has 2 aliphatic heterocycles. The Morgan fingerprint density at radius 2 is 1.88 bits per heavy atom. The van der Waals surface area contributed by atoms with Gasteiger partial charge in [0.25, 0.3) is 5.91 Å². The summed E-state index contributed by atoms with van der Waals surface area (Å²) in [5, 5.41) is 10.4. The molecule has 0 radical (unpaired) electrons. The molecule has 4 heterocycles. The van der Waals surface area contributed by atoms with Gasteiger partial charge < -0.3 is 25.4 Å². The summed E-state index contributed by atoms with van der Waals surface area (Å²) in [6.07, 6.45) is 4.37. The molecule has 43 heavy (non-hydrogen) atoms. The fraction of sp³-hybridized carbons (Fsp3) is 0.219. The van der Waals surface area contributed by atoms with E-state index in [1.807, 2.05) is 54.1 Å². The van der Waals surface area contributed by atoms with Crippen molar-refractivity contribution in [2.45, 2.75) is 25.8 Å². The lowest BCUT2D eigenvalue weighted by atomic mass is 9.99. The Kier molecular flexibility index (Phi) is 6.42. The Bertz CT molecular complexity index is 1950. The van der Waals surface area contributed by atoms with Gasteiger partial charge in [0.05, 0.1) is 17.1 Å². The predicted octanol–water partition coefficient (Wildman–Crippen LogP) is 4.87. The van der Waals surface area contributed by atoms with Crippen molar-refractivity contribution in [2.24, 2.45) is 0 Å². The average molecular weight is 576 g/mol. The summed E-state index contributed by atoms with van der Waals surface area (Å²) >= 11 is 0. The first-order valence-corrected chi connectivity index (χ1v) is 14.1. The smallest absolute Gasteiger partial charge is 0.256 e. The van der Waals surface area contributed by atoms with Gasteiger partial charge in [-0.05, 0) is 60.4 Å². The maximum atomic E-state index is 13.5. The number of amides is 2. The highest BCUT2D eigenvalue weighted by atomic mass is 16.7. The third kappa shape index (κ3) is 4.40. The minimum absolute atomic E-state index is 0.0193. The van der Waals surface area contributed by atoms with Gasteiger partial charge in [-0.15, -0.1) is 0 Å². The fourth-order valence-corrected chi connectivity index (χ4v) is 6.04. The van der Waals surface area contributed by atoms with E-state index in [9.17, 15) is 9.59 Å². The summed E-state index contributed by atoms with van der Waals surface area (Å²) < 4.78 is 13.6. The second-order valence-electron chi connectivity index (χ2n) is 10.7. The van der Waals surface area contributed by atoms with Crippen LogP contribution in [0.3, 0.4) is 0 Å². The van der Waals surface area contributed by atoms with Crippen LogP contribution in [0.2, 0.25) is 0 Å². The number of nitrogens with two attached hydrogens (primary N) is 1. The van der Waals surface area contributed by atoms with Gasteiger partial charge in [-0.2, -0.15) is 5.10 Å².